The Morgan fingerprint density at radius 2 is 1.46 bits per heavy atom. The fourth-order valence-corrected chi connectivity index (χ4v) is 3.12. The number of carbonyl (C=O) groups is 3. The summed E-state index contributed by atoms with van der Waals surface area (Å²) in [6.07, 6.45) is -0.0984. The highest BCUT2D eigenvalue weighted by molar-refractivity contribution is 5.74. The van der Waals surface area contributed by atoms with Crippen molar-refractivity contribution in [1.29, 1.82) is 0 Å². The van der Waals surface area contributed by atoms with Gasteiger partial charge in [0.15, 0.2) is 0 Å². The molecule has 3 N–H and O–H groups in total. The zero-order valence-corrected chi connectivity index (χ0v) is 25.2. The zero-order valence-electron chi connectivity index (χ0n) is 25.2. The van der Waals surface area contributed by atoms with E-state index in [2.05, 4.69) is 17.2 Å². The average molecular weight is 579 g/mol. The van der Waals surface area contributed by atoms with Crippen molar-refractivity contribution in [3.63, 3.8) is 0 Å². The number of carbonyl (C=O) groups excluding carboxylic acids is 3. The highest BCUT2D eigenvalue weighted by Crippen LogP contribution is 2.10. The lowest BCUT2D eigenvalue weighted by Gasteiger charge is -2.23. The summed E-state index contributed by atoms with van der Waals surface area (Å²) in [4.78, 5) is 34.8. The number of nitrogens with one attached hydrogen (secondary N) is 1. The van der Waals surface area contributed by atoms with Crippen LogP contribution in [0.2, 0.25) is 0 Å². The van der Waals surface area contributed by atoms with Crippen LogP contribution < -0.4 is 11.1 Å². The van der Waals surface area contributed by atoms with E-state index in [4.69, 9.17) is 34.2 Å². The third-order valence-corrected chi connectivity index (χ3v) is 4.79. The summed E-state index contributed by atoms with van der Waals surface area (Å²) >= 11 is 0. The molecule has 1 aromatic carbocycles. The van der Waals surface area contributed by atoms with E-state index in [0.29, 0.717) is 39.5 Å². The van der Waals surface area contributed by atoms with Gasteiger partial charge in [0.25, 0.3) is 0 Å². The second-order valence-corrected chi connectivity index (χ2v) is 11.2. The number of primary amides is 1. The Hall–Kier alpha value is -3.17. The van der Waals surface area contributed by atoms with Crippen LogP contribution in [0.3, 0.4) is 0 Å². The lowest BCUT2D eigenvalue weighted by molar-refractivity contribution is -0.160. The standard InChI is InChI=1S/C30H46N2O9/c1-29(2,3)40-27(34)22-38-19-18-37-17-16-36-15-7-8-23-9-11-24(12-10-23)20-39-21-25(13-14-26(31)33)32-28(35)41-30(4,5)6/h9-12,25H,13-22H2,1-6H3,(H2,31,33)(H,32,35). The Morgan fingerprint density at radius 3 is 2.07 bits per heavy atom. The zero-order chi connectivity index (χ0) is 30.7. The van der Waals surface area contributed by atoms with Gasteiger partial charge in [-0.3, -0.25) is 4.79 Å². The maximum Gasteiger partial charge on any atom is 0.407 e. The SMILES string of the molecule is CC(C)(C)OC(=O)COCCOCCOCC#Cc1ccc(COCC(CCC(N)=O)NC(=O)OC(C)(C)C)cc1. The first-order chi connectivity index (χ1) is 19.2. The van der Waals surface area contributed by atoms with E-state index in [1.807, 2.05) is 24.3 Å². The quantitative estimate of drug-likeness (QED) is 0.162. The van der Waals surface area contributed by atoms with E-state index in [1.54, 1.807) is 41.5 Å². The molecule has 0 bridgehead atoms. The van der Waals surface area contributed by atoms with Crippen molar-refractivity contribution >= 4 is 18.0 Å². The van der Waals surface area contributed by atoms with Gasteiger partial charge in [-0.15, -0.1) is 0 Å². The van der Waals surface area contributed by atoms with E-state index in [1.165, 1.54) is 0 Å². The molecule has 41 heavy (non-hydrogen) atoms. The maximum absolute atomic E-state index is 12.1. The molecule has 0 aromatic heterocycles. The van der Waals surface area contributed by atoms with Gasteiger partial charge in [0.2, 0.25) is 5.91 Å². The number of hydrogen-bond acceptors (Lipinski definition) is 9. The van der Waals surface area contributed by atoms with Crippen molar-refractivity contribution in [2.45, 2.75) is 78.2 Å². The molecule has 0 aliphatic rings. The molecule has 11 heteroatoms. The highest BCUT2D eigenvalue weighted by atomic mass is 16.6. The van der Waals surface area contributed by atoms with Crippen LogP contribution in [-0.4, -0.2) is 81.5 Å². The van der Waals surface area contributed by atoms with Crippen molar-refractivity contribution in [2.24, 2.45) is 5.73 Å². The van der Waals surface area contributed by atoms with Crippen LogP contribution in [0, 0.1) is 11.8 Å². The number of ether oxygens (including phenoxy) is 6. The first-order valence-electron chi connectivity index (χ1n) is 13.6. The molecule has 0 heterocycles. The van der Waals surface area contributed by atoms with Crippen molar-refractivity contribution < 1.29 is 42.8 Å². The minimum Gasteiger partial charge on any atom is -0.458 e. The Bertz CT molecular complexity index is 986. The van der Waals surface area contributed by atoms with Crippen LogP contribution >= 0.6 is 0 Å². The molecule has 0 radical (unpaired) electrons. The van der Waals surface area contributed by atoms with E-state index in [0.717, 1.165) is 11.1 Å². The van der Waals surface area contributed by atoms with Gasteiger partial charge >= 0.3 is 12.1 Å². The highest BCUT2D eigenvalue weighted by Gasteiger charge is 2.20. The topological polar surface area (TPSA) is 145 Å². The molecule has 0 aliphatic carbocycles. The lowest BCUT2D eigenvalue weighted by atomic mass is 10.1. The van der Waals surface area contributed by atoms with E-state index >= 15 is 0 Å². The van der Waals surface area contributed by atoms with Crippen LogP contribution in [0.4, 0.5) is 4.79 Å². The number of amides is 2. The van der Waals surface area contributed by atoms with Gasteiger partial charge in [-0.25, -0.2) is 9.59 Å². The largest absolute Gasteiger partial charge is 0.458 e. The van der Waals surface area contributed by atoms with Gasteiger partial charge in [-0.1, -0.05) is 24.0 Å². The van der Waals surface area contributed by atoms with Crippen LogP contribution in [0.1, 0.15) is 65.5 Å². The normalized spacial score (nSPS) is 12.1. The van der Waals surface area contributed by atoms with Crippen molar-refractivity contribution in [2.75, 3.05) is 46.2 Å². The predicted octanol–water partition coefficient (Wildman–Crippen LogP) is 3.11. The van der Waals surface area contributed by atoms with Gasteiger partial charge in [-0.2, -0.15) is 0 Å². The molecule has 0 saturated carbocycles. The Labute approximate surface area is 243 Å². The maximum atomic E-state index is 12.1. The minimum absolute atomic E-state index is 0.104. The fourth-order valence-electron chi connectivity index (χ4n) is 3.12. The summed E-state index contributed by atoms with van der Waals surface area (Å²) in [6.45, 7) is 12.8. The first-order valence-corrected chi connectivity index (χ1v) is 13.6. The summed E-state index contributed by atoms with van der Waals surface area (Å²) in [5.74, 6) is 5.13. The molecular weight excluding hydrogens is 532 g/mol. The predicted molar refractivity (Wildman–Crippen MR) is 153 cm³/mol. The van der Waals surface area contributed by atoms with E-state index in [9.17, 15) is 14.4 Å². The van der Waals surface area contributed by atoms with Crippen LogP contribution in [0.5, 0.6) is 0 Å². The molecule has 1 atom stereocenters. The summed E-state index contributed by atoms with van der Waals surface area (Å²) in [5, 5.41) is 2.73. The van der Waals surface area contributed by atoms with Crippen molar-refractivity contribution in [3.05, 3.63) is 35.4 Å². The lowest BCUT2D eigenvalue weighted by Crippen LogP contribution is -2.42. The van der Waals surface area contributed by atoms with Gasteiger partial charge in [0.05, 0.1) is 45.7 Å². The molecule has 0 fully saturated rings. The van der Waals surface area contributed by atoms with Crippen molar-refractivity contribution in [3.8, 4) is 11.8 Å². The van der Waals surface area contributed by atoms with E-state index in [-0.39, 0.29) is 26.2 Å². The molecule has 0 saturated heterocycles. The van der Waals surface area contributed by atoms with Gasteiger partial charge in [0.1, 0.15) is 24.4 Å². The van der Waals surface area contributed by atoms with Crippen LogP contribution in [-0.2, 0) is 44.6 Å². The summed E-state index contributed by atoms with van der Waals surface area (Å²) in [6, 6.07) is 7.17. The molecule has 1 rings (SSSR count). The molecule has 0 spiro atoms. The van der Waals surface area contributed by atoms with Gasteiger partial charge in [0, 0.05) is 12.0 Å². The monoisotopic (exact) mass is 578 g/mol. The summed E-state index contributed by atoms with van der Waals surface area (Å²) in [5.41, 5.74) is 5.86. The molecular formula is C30H46N2O9. The molecule has 1 aromatic rings. The fraction of sp³-hybridized carbons (Fsp3) is 0.633. The Kier molecular flexibility index (Phi) is 16.7. The summed E-state index contributed by atoms with van der Waals surface area (Å²) < 4.78 is 32.2. The molecule has 1 unspecified atom stereocenters. The molecule has 11 nitrogen and oxygen atoms in total. The first kappa shape index (κ1) is 35.9. The number of benzene rings is 1. The number of alkyl carbamates (subject to hydrolysis) is 1. The average Bonchev–Trinajstić information content (AvgIpc) is 2.84. The Balaban J connectivity index is 2.25. The number of nitrogens with two attached hydrogens (primary N) is 1. The van der Waals surface area contributed by atoms with Crippen molar-refractivity contribution in [1.82, 2.24) is 5.32 Å². The third-order valence-electron chi connectivity index (χ3n) is 4.79. The molecule has 2 amide bonds. The van der Waals surface area contributed by atoms with E-state index < -0.39 is 35.2 Å². The molecule has 0 aliphatic heterocycles. The number of hydrogen-bond donors (Lipinski definition) is 2. The summed E-state index contributed by atoms with van der Waals surface area (Å²) in [7, 11) is 0. The third kappa shape index (κ3) is 21.3. The second-order valence-electron chi connectivity index (χ2n) is 11.2. The second kappa shape index (κ2) is 19.0. The smallest absolute Gasteiger partial charge is 0.407 e. The minimum atomic E-state index is -0.632. The van der Waals surface area contributed by atoms with Gasteiger partial charge in [-0.05, 0) is 65.7 Å². The Morgan fingerprint density at radius 1 is 0.854 bits per heavy atom. The van der Waals surface area contributed by atoms with Crippen LogP contribution in [0.25, 0.3) is 0 Å². The number of esters is 1. The number of rotatable bonds is 17. The van der Waals surface area contributed by atoms with Crippen LogP contribution in [0.15, 0.2) is 24.3 Å². The molecule has 230 valence electrons. The van der Waals surface area contributed by atoms with Gasteiger partial charge < -0.3 is 39.5 Å².